The molecule has 2 rings (SSSR count). The Balaban J connectivity index is 2.37. The maximum Gasteiger partial charge on any atom is 0.127 e. The number of nitrogens with zero attached hydrogens (tertiary/aromatic N) is 2. The van der Waals surface area contributed by atoms with E-state index in [1.165, 1.54) is 0 Å². The Kier molecular flexibility index (Phi) is 2.64. The topological polar surface area (TPSA) is 27.1 Å². The van der Waals surface area contributed by atoms with Crippen molar-refractivity contribution in [2.24, 2.45) is 7.05 Å². The summed E-state index contributed by atoms with van der Waals surface area (Å²) in [6.45, 7) is 0. The van der Waals surface area contributed by atoms with E-state index in [0.29, 0.717) is 5.15 Å². The van der Waals surface area contributed by atoms with Crippen LogP contribution in [-0.2, 0) is 7.05 Å². The average molecular weight is 223 g/mol. The van der Waals surface area contributed by atoms with Gasteiger partial charge in [-0.15, -0.1) is 0 Å². The van der Waals surface area contributed by atoms with E-state index < -0.39 is 0 Å². The van der Waals surface area contributed by atoms with Crippen molar-refractivity contribution in [2.75, 3.05) is 7.11 Å². The highest BCUT2D eigenvalue weighted by molar-refractivity contribution is 6.29. The molecule has 0 aliphatic rings. The van der Waals surface area contributed by atoms with E-state index in [9.17, 15) is 0 Å². The number of hydrogen-bond donors (Lipinski definition) is 0. The van der Waals surface area contributed by atoms with Crippen LogP contribution < -0.4 is 4.74 Å². The average Bonchev–Trinajstić information content (AvgIpc) is 2.59. The first-order valence-corrected chi connectivity index (χ1v) is 4.92. The zero-order valence-corrected chi connectivity index (χ0v) is 9.32. The molecule has 0 unspecified atom stereocenters. The van der Waals surface area contributed by atoms with Crippen molar-refractivity contribution >= 4 is 11.6 Å². The molecular formula is C11H11ClN2O. The SMILES string of the molecule is COc1ccc(-c2cc(Cl)n(C)n2)cc1. The highest BCUT2D eigenvalue weighted by Crippen LogP contribution is 2.23. The molecule has 3 nitrogen and oxygen atoms in total. The van der Waals surface area contributed by atoms with Crippen LogP contribution in [0.3, 0.4) is 0 Å². The second kappa shape index (κ2) is 3.95. The Morgan fingerprint density at radius 2 is 1.93 bits per heavy atom. The first kappa shape index (κ1) is 10.1. The minimum Gasteiger partial charge on any atom is -0.497 e. The second-order valence-corrected chi connectivity index (χ2v) is 3.59. The number of aromatic nitrogens is 2. The number of hydrogen-bond acceptors (Lipinski definition) is 2. The lowest BCUT2D eigenvalue weighted by atomic mass is 10.1. The van der Waals surface area contributed by atoms with Crippen LogP contribution in [0.2, 0.25) is 5.15 Å². The lowest BCUT2D eigenvalue weighted by molar-refractivity contribution is 0.415. The minimum atomic E-state index is 0.626. The first-order valence-electron chi connectivity index (χ1n) is 4.54. The van der Waals surface area contributed by atoms with Gasteiger partial charge in [-0.25, -0.2) is 0 Å². The summed E-state index contributed by atoms with van der Waals surface area (Å²) < 4.78 is 6.72. The van der Waals surface area contributed by atoms with E-state index in [1.807, 2.05) is 37.4 Å². The van der Waals surface area contributed by atoms with E-state index in [2.05, 4.69) is 5.10 Å². The molecular weight excluding hydrogens is 212 g/mol. The second-order valence-electron chi connectivity index (χ2n) is 3.20. The fourth-order valence-corrected chi connectivity index (χ4v) is 1.49. The van der Waals surface area contributed by atoms with Crippen LogP contribution in [0.25, 0.3) is 11.3 Å². The molecule has 0 bridgehead atoms. The Bertz CT molecular complexity index is 442. The molecule has 0 spiro atoms. The molecule has 15 heavy (non-hydrogen) atoms. The zero-order valence-electron chi connectivity index (χ0n) is 8.57. The van der Waals surface area contributed by atoms with E-state index in [0.717, 1.165) is 17.0 Å². The van der Waals surface area contributed by atoms with E-state index in [1.54, 1.807) is 11.8 Å². The lowest BCUT2D eigenvalue weighted by Gasteiger charge is -2.00. The van der Waals surface area contributed by atoms with Gasteiger partial charge in [-0.1, -0.05) is 11.6 Å². The van der Waals surface area contributed by atoms with Gasteiger partial charge in [-0.05, 0) is 24.3 Å². The fraction of sp³-hybridized carbons (Fsp3) is 0.182. The Morgan fingerprint density at radius 1 is 1.27 bits per heavy atom. The van der Waals surface area contributed by atoms with Gasteiger partial charge >= 0.3 is 0 Å². The summed E-state index contributed by atoms with van der Waals surface area (Å²) in [6.07, 6.45) is 0. The van der Waals surface area contributed by atoms with Gasteiger partial charge in [0.1, 0.15) is 10.9 Å². The number of benzene rings is 1. The van der Waals surface area contributed by atoms with Crippen molar-refractivity contribution in [1.29, 1.82) is 0 Å². The predicted molar refractivity (Wildman–Crippen MR) is 60.2 cm³/mol. The van der Waals surface area contributed by atoms with E-state index >= 15 is 0 Å². The molecule has 1 aromatic carbocycles. The minimum absolute atomic E-state index is 0.626. The summed E-state index contributed by atoms with van der Waals surface area (Å²) >= 11 is 5.91. The third-order valence-corrected chi connectivity index (χ3v) is 2.56. The Hall–Kier alpha value is -1.48. The summed E-state index contributed by atoms with van der Waals surface area (Å²) in [6, 6.07) is 9.55. The normalized spacial score (nSPS) is 10.3. The molecule has 0 saturated carbocycles. The molecule has 78 valence electrons. The van der Waals surface area contributed by atoms with Crippen LogP contribution in [0.5, 0.6) is 5.75 Å². The molecule has 1 aromatic heterocycles. The van der Waals surface area contributed by atoms with Crippen LogP contribution in [0, 0.1) is 0 Å². The van der Waals surface area contributed by atoms with Gasteiger partial charge in [0, 0.05) is 18.7 Å². The summed E-state index contributed by atoms with van der Waals surface area (Å²) in [5.74, 6) is 0.834. The number of rotatable bonds is 2. The maximum atomic E-state index is 5.91. The molecule has 0 amide bonds. The molecule has 0 aliphatic carbocycles. The molecule has 4 heteroatoms. The third-order valence-electron chi connectivity index (χ3n) is 2.21. The molecule has 0 saturated heterocycles. The van der Waals surface area contributed by atoms with Crippen LogP contribution in [0.15, 0.2) is 30.3 Å². The molecule has 0 aliphatic heterocycles. The first-order chi connectivity index (χ1) is 7.20. The highest BCUT2D eigenvalue weighted by Gasteiger charge is 2.04. The third kappa shape index (κ3) is 1.97. The monoisotopic (exact) mass is 222 g/mol. The molecule has 0 N–H and O–H groups in total. The van der Waals surface area contributed by atoms with Gasteiger partial charge < -0.3 is 4.74 Å². The van der Waals surface area contributed by atoms with Crippen LogP contribution in [0.1, 0.15) is 0 Å². The van der Waals surface area contributed by atoms with Crippen molar-refractivity contribution in [2.45, 2.75) is 0 Å². The molecule has 0 radical (unpaired) electrons. The molecule has 0 fully saturated rings. The van der Waals surface area contributed by atoms with E-state index in [-0.39, 0.29) is 0 Å². The quantitative estimate of drug-likeness (QED) is 0.781. The number of halogens is 1. The van der Waals surface area contributed by atoms with Gasteiger partial charge in [-0.2, -0.15) is 5.10 Å². The Morgan fingerprint density at radius 3 is 2.40 bits per heavy atom. The van der Waals surface area contributed by atoms with Gasteiger partial charge in [0.25, 0.3) is 0 Å². The summed E-state index contributed by atoms with van der Waals surface area (Å²) in [5, 5.41) is 4.91. The van der Waals surface area contributed by atoms with Crippen molar-refractivity contribution in [3.05, 3.63) is 35.5 Å². The number of methoxy groups -OCH3 is 1. The van der Waals surface area contributed by atoms with Crippen LogP contribution in [-0.4, -0.2) is 16.9 Å². The summed E-state index contributed by atoms with van der Waals surface area (Å²) in [7, 11) is 3.46. The van der Waals surface area contributed by atoms with Gasteiger partial charge in [-0.3, -0.25) is 4.68 Å². The van der Waals surface area contributed by atoms with Crippen molar-refractivity contribution in [1.82, 2.24) is 9.78 Å². The summed E-state index contributed by atoms with van der Waals surface area (Å²) in [4.78, 5) is 0. The zero-order chi connectivity index (χ0) is 10.8. The molecule has 2 aromatic rings. The Labute approximate surface area is 93.2 Å². The predicted octanol–water partition coefficient (Wildman–Crippen LogP) is 2.75. The van der Waals surface area contributed by atoms with Gasteiger partial charge in [0.2, 0.25) is 0 Å². The highest BCUT2D eigenvalue weighted by atomic mass is 35.5. The van der Waals surface area contributed by atoms with Crippen molar-refractivity contribution < 1.29 is 4.74 Å². The molecule has 1 heterocycles. The number of aryl methyl sites for hydroxylation is 1. The fourth-order valence-electron chi connectivity index (χ4n) is 1.35. The smallest absolute Gasteiger partial charge is 0.127 e. The van der Waals surface area contributed by atoms with Gasteiger partial charge in [0.15, 0.2) is 0 Å². The largest absolute Gasteiger partial charge is 0.497 e. The maximum absolute atomic E-state index is 5.91. The lowest BCUT2D eigenvalue weighted by Crippen LogP contribution is -1.89. The van der Waals surface area contributed by atoms with Crippen LogP contribution >= 0.6 is 11.6 Å². The van der Waals surface area contributed by atoms with Gasteiger partial charge in [0.05, 0.1) is 12.8 Å². The number of ether oxygens (including phenoxy) is 1. The van der Waals surface area contributed by atoms with Crippen LogP contribution in [0.4, 0.5) is 0 Å². The summed E-state index contributed by atoms with van der Waals surface area (Å²) in [5.41, 5.74) is 1.89. The van der Waals surface area contributed by atoms with Crippen molar-refractivity contribution in [3.8, 4) is 17.0 Å². The van der Waals surface area contributed by atoms with Crippen molar-refractivity contribution in [3.63, 3.8) is 0 Å². The molecule has 0 atom stereocenters. The van der Waals surface area contributed by atoms with E-state index in [4.69, 9.17) is 16.3 Å². The standard InChI is InChI=1S/C11H11ClN2O/c1-14-11(12)7-10(13-14)8-3-5-9(15-2)6-4-8/h3-7H,1-2H3.